The van der Waals surface area contributed by atoms with E-state index in [4.69, 9.17) is 34.3 Å². The van der Waals surface area contributed by atoms with Gasteiger partial charge >= 0.3 is 0 Å². The summed E-state index contributed by atoms with van der Waals surface area (Å²) in [6.07, 6.45) is 0. The van der Waals surface area contributed by atoms with Crippen LogP contribution in [0, 0.1) is 12.7 Å². The first-order valence-electron chi connectivity index (χ1n) is 5.94. The fourth-order valence-electron chi connectivity index (χ4n) is 1.80. The molecule has 0 aromatic heterocycles. The molecule has 0 aliphatic carbocycles. The van der Waals surface area contributed by atoms with Gasteiger partial charge in [-0.2, -0.15) is 0 Å². The number of ether oxygens (including phenoxy) is 1. The Morgan fingerprint density at radius 3 is 2.70 bits per heavy atom. The second kappa shape index (κ2) is 6.20. The van der Waals surface area contributed by atoms with Crippen LogP contribution in [-0.2, 0) is 6.61 Å². The molecule has 0 amide bonds. The molecule has 0 radical (unpaired) electrons. The minimum atomic E-state index is -0.266. The number of thiocarbonyl (C=S) groups is 1. The molecule has 2 aromatic rings. The van der Waals surface area contributed by atoms with Crippen molar-refractivity contribution in [2.24, 2.45) is 5.73 Å². The highest BCUT2D eigenvalue weighted by Gasteiger charge is 2.09. The molecule has 20 heavy (non-hydrogen) atoms. The van der Waals surface area contributed by atoms with Crippen LogP contribution in [0.4, 0.5) is 4.39 Å². The lowest BCUT2D eigenvalue weighted by Gasteiger charge is -2.12. The molecule has 0 saturated carbocycles. The van der Waals surface area contributed by atoms with Gasteiger partial charge in [-0.3, -0.25) is 0 Å². The van der Waals surface area contributed by atoms with Crippen molar-refractivity contribution in [3.63, 3.8) is 0 Å². The number of rotatable bonds is 4. The van der Waals surface area contributed by atoms with Gasteiger partial charge in [-0.05, 0) is 48.4 Å². The molecule has 0 saturated heterocycles. The number of nitrogens with two attached hydrogens (primary N) is 1. The highest BCUT2D eigenvalue weighted by molar-refractivity contribution is 7.80. The molecule has 2 rings (SSSR count). The summed E-state index contributed by atoms with van der Waals surface area (Å²) in [6, 6.07) is 9.64. The Hall–Kier alpha value is -1.65. The Labute approximate surface area is 127 Å². The quantitative estimate of drug-likeness (QED) is 0.867. The summed E-state index contributed by atoms with van der Waals surface area (Å²) in [7, 11) is 0. The Morgan fingerprint density at radius 2 is 2.05 bits per heavy atom. The van der Waals surface area contributed by atoms with Gasteiger partial charge in [0.05, 0.1) is 5.56 Å². The van der Waals surface area contributed by atoms with Gasteiger partial charge in [-0.15, -0.1) is 0 Å². The van der Waals surface area contributed by atoms with Crippen LogP contribution in [0.5, 0.6) is 5.75 Å². The number of benzene rings is 2. The average Bonchev–Trinajstić information content (AvgIpc) is 2.37. The van der Waals surface area contributed by atoms with E-state index in [1.54, 1.807) is 24.3 Å². The van der Waals surface area contributed by atoms with E-state index in [-0.39, 0.29) is 10.8 Å². The fourth-order valence-corrected chi connectivity index (χ4v) is 2.13. The topological polar surface area (TPSA) is 35.2 Å². The van der Waals surface area contributed by atoms with Crippen LogP contribution >= 0.6 is 23.8 Å². The largest absolute Gasteiger partial charge is 0.488 e. The molecule has 104 valence electrons. The summed E-state index contributed by atoms with van der Waals surface area (Å²) in [5.74, 6) is 0.256. The number of hydrogen-bond acceptors (Lipinski definition) is 2. The first-order chi connectivity index (χ1) is 9.47. The molecule has 2 aromatic carbocycles. The minimum Gasteiger partial charge on any atom is -0.488 e. The van der Waals surface area contributed by atoms with E-state index in [2.05, 4.69) is 0 Å². The molecule has 0 fully saturated rings. The summed E-state index contributed by atoms with van der Waals surface area (Å²) in [5, 5.41) is 0.538. The zero-order chi connectivity index (χ0) is 14.7. The van der Waals surface area contributed by atoms with E-state index in [1.807, 2.05) is 6.92 Å². The van der Waals surface area contributed by atoms with Gasteiger partial charge in [0.15, 0.2) is 0 Å². The predicted molar refractivity (Wildman–Crippen MR) is 82.8 cm³/mol. The zero-order valence-corrected chi connectivity index (χ0v) is 12.4. The normalized spacial score (nSPS) is 10.3. The molecule has 0 atom stereocenters. The summed E-state index contributed by atoms with van der Waals surface area (Å²) in [6.45, 7) is 2.12. The third-order valence-corrected chi connectivity index (χ3v) is 3.35. The minimum absolute atomic E-state index is 0.243. The fraction of sp³-hybridized carbons (Fsp3) is 0.133. The lowest BCUT2D eigenvalue weighted by molar-refractivity contribution is 0.305. The standard InChI is InChI=1S/C15H13ClFNOS/c1-9-6-12(17)4-2-10(9)8-19-14-7-11(16)3-5-13(14)15(18)20/h2-7H,8H2,1H3,(H2,18,20). The Balaban J connectivity index is 2.22. The second-order valence-corrected chi connectivity index (χ2v) is 5.24. The second-order valence-electron chi connectivity index (χ2n) is 4.36. The third-order valence-electron chi connectivity index (χ3n) is 2.90. The highest BCUT2D eigenvalue weighted by atomic mass is 35.5. The van der Waals surface area contributed by atoms with Gasteiger partial charge in [0.25, 0.3) is 0 Å². The first kappa shape index (κ1) is 14.8. The maximum Gasteiger partial charge on any atom is 0.131 e. The van der Waals surface area contributed by atoms with Gasteiger partial charge in [0.1, 0.15) is 23.2 Å². The molecule has 0 aliphatic rings. The summed E-state index contributed by atoms with van der Waals surface area (Å²) in [5.41, 5.74) is 7.98. The van der Waals surface area contributed by atoms with Crippen molar-refractivity contribution in [2.75, 3.05) is 0 Å². The van der Waals surface area contributed by atoms with E-state index in [9.17, 15) is 4.39 Å². The van der Waals surface area contributed by atoms with Crippen molar-refractivity contribution in [3.05, 3.63) is 63.9 Å². The summed E-state index contributed by atoms with van der Waals surface area (Å²) >= 11 is 10.9. The lowest BCUT2D eigenvalue weighted by atomic mass is 10.1. The Kier molecular flexibility index (Phi) is 4.57. The Bertz CT molecular complexity index is 660. The number of halogens is 2. The van der Waals surface area contributed by atoms with E-state index < -0.39 is 0 Å². The van der Waals surface area contributed by atoms with Crippen LogP contribution in [0.2, 0.25) is 5.02 Å². The van der Waals surface area contributed by atoms with Crippen LogP contribution in [0.25, 0.3) is 0 Å². The zero-order valence-electron chi connectivity index (χ0n) is 10.8. The molecular formula is C15H13ClFNOS. The maximum atomic E-state index is 13.0. The van der Waals surface area contributed by atoms with Crippen LogP contribution in [0.15, 0.2) is 36.4 Å². The molecule has 0 heterocycles. The van der Waals surface area contributed by atoms with Crippen LogP contribution in [0.3, 0.4) is 0 Å². The van der Waals surface area contributed by atoms with Crippen LogP contribution in [0.1, 0.15) is 16.7 Å². The molecule has 5 heteroatoms. The number of hydrogen-bond donors (Lipinski definition) is 1. The first-order valence-corrected chi connectivity index (χ1v) is 6.73. The molecule has 0 unspecified atom stereocenters. The number of aryl methyl sites for hydroxylation is 1. The third kappa shape index (κ3) is 3.46. The molecule has 0 aliphatic heterocycles. The molecule has 0 spiro atoms. The lowest BCUT2D eigenvalue weighted by Crippen LogP contribution is -2.12. The monoisotopic (exact) mass is 309 g/mol. The molecule has 2 N–H and O–H groups in total. The molecule has 0 bridgehead atoms. The van der Waals surface area contributed by atoms with E-state index in [1.165, 1.54) is 12.1 Å². The SMILES string of the molecule is Cc1cc(F)ccc1COc1cc(Cl)ccc1C(N)=S. The smallest absolute Gasteiger partial charge is 0.131 e. The van der Waals surface area contributed by atoms with Crippen molar-refractivity contribution >= 4 is 28.8 Å². The van der Waals surface area contributed by atoms with Crippen molar-refractivity contribution in [1.29, 1.82) is 0 Å². The van der Waals surface area contributed by atoms with Crippen molar-refractivity contribution in [3.8, 4) is 5.75 Å². The van der Waals surface area contributed by atoms with Crippen molar-refractivity contribution in [1.82, 2.24) is 0 Å². The van der Waals surface area contributed by atoms with Gasteiger partial charge in [-0.1, -0.05) is 29.9 Å². The Morgan fingerprint density at radius 1 is 1.30 bits per heavy atom. The molecular weight excluding hydrogens is 297 g/mol. The van der Waals surface area contributed by atoms with E-state index in [0.29, 0.717) is 22.9 Å². The van der Waals surface area contributed by atoms with E-state index >= 15 is 0 Å². The van der Waals surface area contributed by atoms with Crippen LogP contribution < -0.4 is 10.5 Å². The predicted octanol–water partition coefficient (Wildman–Crippen LogP) is 4.00. The van der Waals surface area contributed by atoms with Gasteiger partial charge < -0.3 is 10.5 Å². The van der Waals surface area contributed by atoms with Crippen molar-refractivity contribution < 1.29 is 9.13 Å². The van der Waals surface area contributed by atoms with Crippen molar-refractivity contribution in [2.45, 2.75) is 13.5 Å². The maximum absolute atomic E-state index is 13.0. The summed E-state index contributed by atoms with van der Waals surface area (Å²) in [4.78, 5) is 0.243. The van der Waals surface area contributed by atoms with Gasteiger partial charge in [-0.25, -0.2) is 4.39 Å². The average molecular weight is 310 g/mol. The van der Waals surface area contributed by atoms with E-state index in [0.717, 1.165) is 11.1 Å². The highest BCUT2D eigenvalue weighted by Crippen LogP contribution is 2.25. The van der Waals surface area contributed by atoms with Gasteiger partial charge in [0.2, 0.25) is 0 Å². The molecule has 2 nitrogen and oxygen atoms in total. The van der Waals surface area contributed by atoms with Crippen LogP contribution in [-0.4, -0.2) is 4.99 Å². The summed E-state index contributed by atoms with van der Waals surface area (Å²) < 4.78 is 18.8. The van der Waals surface area contributed by atoms with Gasteiger partial charge in [0, 0.05) is 5.02 Å².